The Morgan fingerprint density at radius 2 is 2.11 bits per heavy atom. The Kier molecular flexibility index (Phi) is 3.32. The van der Waals surface area contributed by atoms with E-state index in [4.69, 9.17) is 0 Å². The Bertz CT molecular complexity index is 686. The summed E-state index contributed by atoms with van der Waals surface area (Å²) >= 11 is 3.24. The monoisotopic (exact) mass is 295 g/mol. The average Bonchev–Trinajstić information content (AvgIpc) is 2.82. The second-order valence-electron chi connectivity index (χ2n) is 4.38. The van der Waals surface area contributed by atoms with Crippen molar-refractivity contribution in [3.8, 4) is 0 Å². The Labute approximate surface area is 118 Å². The van der Waals surface area contributed by atoms with Crippen molar-refractivity contribution in [3.05, 3.63) is 33.2 Å². The molecular formula is C12H13N3O2S2. The normalized spacial score (nSPS) is 15.9. The van der Waals surface area contributed by atoms with Gasteiger partial charge in [-0.2, -0.15) is 11.8 Å². The Morgan fingerprint density at radius 3 is 2.84 bits per heavy atom. The van der Waals surface area contributed by atoms with Crippen molar-refractivity contribution in [2.45, 2.75) is 6.92 Å². The quantitative estimate of drug-likeness (QED) is 0.794. The number of rotatable bonds is 1. The molecule has 1 fully saturated rings. The lowest BCUT2D eigenvalue weighted by atomic mass is 10.3. The zero-order valence-electron chi connectivity index (χ0n) is 10.5. The second-order valence-corrected chi connectivity index (χ2v) is 6.44. The van der Waals surface area contributed by atoms with E-state index in [1.807, 2.05) is 24.1 Å². The molecule has 0 aliphatic carbocycles. The molecule has 0 saturated carbocycles. The summed E-state index contributed by atoms with van der Waals surface area (Å²) in [5.74, 6) is 1.67. The third-order valence-electron chi connectivity index (χ3n) is 3.15. The molecule has 3 rings (SSSR count). The molecule has 1 saturated heterocycles. The van der Waals surface area contributed by atoms with Crippen molar-refractivity contribution in [3.63, 3.8) is 0 Å². The highest BCUT2D eigenvalue weighted by Gasteiger charge is 2.22. The molecule has 1 amide bonds. The minimum atomic E-state index is -0.257. The third-order valence-corrected chi connectivity index (χ3v) is 5.05. The van der Waals surface area contributed by atoms with E-state index in [2.05, 4.69) is 4.98 Å². The number of hydrogen-bond donors (Lipinski definition) is 0. The van der Waals surface area contributed by atoms with Gasteiger partial charge in [0.15, 0.2) is 4.96 Å². The minimum absolute atomic E-state index is 0.172. The lowest BCUT2D eigenvalue weighted by molar-refractivity contribution is 0.0770. The predicted molar refractivity (Wildman–Crippen MR) is 77.3 cm³/mol. The molecule has 7 heteroatoms. The van der Waals surface area contributed by atoms with Crippen LogP contribution < -0.4 is 5.56 Å². The van der Waals surface area contributed by atoms with Crippen molar-refractivity contribution in [2.75, 3.05) is 24.6 Å². The lowest BCUT2D eigenvalue weighted by Gasteiger charge is -2.26. The molecule has 1 aliphatic rings. The van der Waals surface area contributed by atoms with Crippen LogP contribution in [0.4, 0.5) is 0 Å². The van der Waals surface area contributed by atoms with Crippen molar-refractivity contribution in [1.29, 1.82) is 0 Å². The summed E-state index contributed by atoms with van der Waals surface area (Å²) in [5.41, 5.74) is 0.735. The molecule has 0 atom stereocenters. The maximum atomic E-state index is 12.4. The Hall–Kier alpha value is -1.34. The molecule has 0 unspecified atom stereocenters. The van der Waals surface area contributed by atoms with E-state index in [0.717, 1.165) is 17.2 Å². The molecule has 5 nitrogen and oxygen atoms in total. The number of hydrogen-bond acceptors (Lipinski definition) is 5. The van der Waals surface area contributed by atoms with Gasteiger partial charge in [-0.3, -0.25) is 14.0 Å². The van der Waals surface area contributed by atoms with Crippen molar-refractivity contribution >= 4 is 34.0 Å². The number of aryl methyl sites for hydroxylation is 1. The SMILES string of the molecule is Cc1csc2ncc(C(=O)N3CCSCC3)c(=O)n12. The van der Waals surface area contributed by atoms with Crippen LogP contribution in [0.2, 0.25) is 0 Å². The maximum absolute atomic E-state index is 12.4. The van der Waals surface area contributed by atoms with Crippen molar-refractivity contribution in [1.82, 2.24) is 14.3 Å². The van der Waals surface area contributed by atoms with Crippen LogP contribution in [0.15, 0.2) is 16.4 Å². The molecule has 0 bridgehead atoms. The summed E-state index contributed by atoms with van der Waals surface area (Å²) in [4.78, 5) is 31.3. The van der Waals surface area contributed by atoms with E-state index in [0.29, 0.717) is 18.1 Å². The molecule has 0 radical (unpaired) electrons. The van der Waals surface area contributed by atoms with Crippen LogP contribution in [-0.2, 0) is 0 Å². The smallest absolute Gasteiger partial charge is 0.271 e. The molecule has 0 N–H and O–H groups in total. The van der Waals surface area contributed by atoms with Gasteiger partial charge in [-0.15, -0.1) is 11.3 Å². The summed E-state index contributed by atoms with van der Waals surface area (Å²) in [5, 5.41) is 1.87. The van der Waals surface area contributed by atoms with Gasteiger partial charge in [0.2, 0.25) is 0 Å². The van der Waals surface area contributed by atoms with Crippen LogP contribution in [0.25, 0.3) is 4.96 Å². The zero-order chi connectivity index (χ0) is 13.4. The number of nitrogens with zero attached hydrogens (tertiary/aromatic N) is 3. The number of carbonyl (C=O) groups is 1. The molecule has 0 aromatic carbocycles. The van der Waals surface area contributed by atoms with E-state index >= 15 is 0 Å². The summed E-state index contributed by atoms with van der Waals surface area (Å²) in [6.07, 6.45) is 1.41. The highest BCUT2D eigenvalue weighted by atomic mass is 32.2. The zero-order valence-corrected chi connectivity index (χ0v) is 12.1. The van der Waals surface area contributed by atoms with Gasteiger partial charge in [-0.25, -0.2) is 4.98 Å². The summed E-state index contributed by atoms with van der Waals surface area (Å²) < 4.78 is 1.51. The number of carbonyl (C=O) groups excluding carboxylic acids is 1. The van der Waals surface area contributed by atoms with Gasteiger partial charge in [-0.05, 0) is 6.92 Å². The molecule has 1 aliphatic heterocycles. The van der Waals surface area contributed by atoms with E-state index in [9.17, 15) is 9.59 Å². The van der Waals surface area contributed by atoms with Crippen molar-refractivity contribution in [2.24, 2.45) is 0 Å². The van der Waals surface area contributed by atoms with Crippen LogP contribution in [0.5, 0.6) is 0 Å². The number of thiazole rings is 1. The second kappa shape index (κ2) is 4.97. The average molecular weight is 295 g/mol. The highest BCUT2D eigenvalue weighted by molar-refractivity contribution is 7.99. The van der Waals surface area contributed by atoms with Crippen LogP contribution in [0, 0.1) is 6.92 Å². The fourth-order valence-electron chi connectivity index (χ4n) is 2.11. The number of thioether (sulfide) groups is 1. The van der Waals surface area contributed by atoms with Crippen LogP contribution in [0.3, 0.4) is 0 Å². The number of fused-ring (bicyclic) bond motifs is 1. The van der Waals surface area contributed by atoms with Gasteiger partial charge in [-0.1, -0.05) is 0 Å². The van der Waals surface area contributed by atoms with Gasteiger partial charge in [0, 0.05) is 41.9 Å². The highest BCUT2D eigenvalue weighted by Crippen LogP contribution is 2.14. The third kappa shape index (κ3) is 2.17. The molecule has 2 aromatic heterocycles. The van der Waals surface area contributed by atoms with Gasteiger partial charge in [0.05, 0.1) is 0 Å². The first-order valence-electron chi connectivity index (χ1n) is 6.01. The van der Waals surface area contributed by atoms with E-state index in [1.54, 1.807) is 4.90 Å². The van der Waals surface area contributed by atoms with Crippen molar-refractivity contribution < 1.29 is 4.79 Å². The molecular weight excluding hydrogens is 282 g/mol. The number of amides is 1. The molecule has 100 valence electrons. The molecule has 2 aromatic rings. The molecule has 0 spiro atoms. The van der Waals surface area contributed by atoms with E-state index in [1.165, 1.54) is 21.9 Å². The Balaban J connectivity index is 2.05. The molecule has 3 heterocycles. The van der Waals surface area contributed by atoms with E-state index < -0.39 is 0 Å². The van der Waals surface area contributed by atoms with Gasteiger partial charge >= 0.3 is 0 Å². The fourth-order valence-corrected chi connectivity index (χ4v) is 3.84. The first-order valence-corrected chi connectivity index (χ1v) is 8.05. The fraction of sp³-hybridized carbons (Fsp3) is 0.417. The molecule has 19 heavy (non-hydrogen) atoms. The largest absolute Gasteiger partial charge is 0.337 e. The van der Waals surface area contributed by atoms with Gasteiger partial charge < -0.3 is 4.90 Å². The first kappa shape index (κ1) is 12.7. The number of aromatic nitrogens is 2. The minimum Gasteiger partial charge on any atom is -0.337 e. The van der Waals surface area contributed by atoms with Crippen LogP contribution in [-0.4, -0.2) is 44.8 Å². The van der Waals surface area contributed by atoms with Gasteiger partial charge in [0.25, 0.3) is 11.5 Å². The van der Waals surface area contributed by atoms with Crippen LogP contribution in [0.1, 0.15) is 16.1 Å². The summed E-state index contributed by atoms with van der Waals surface area (Å²) in [6.45, 7) is 3.25. The Morgan fingerprint density at radius 1 is 1.37 bits per heavy atom. The van der Waals surface area contributed by atoms with Crippen LogP contribution >= 0.6 is 23.1 Å². The lowest BCUT2D eigenvalue weighted by Crippen LogP contribution is -2.40. The van der Waals surface area contributed by atoms with Gasteiger partial charge in [0.1, 0.15) is 5.56 Å². The predicted octanol–water partition coefficient (Wildman–Crippen LogP) is 1.25. The summed E-state index contributed by atoms with van der Waals surface area (Å²) in [6, 6.07) is 0. The first-order chi connectivity index (χ1) is 9.18. The maximum Gasteiger partial charge on any atom is 0.271 e. The van der Waals surface area contributed by atoms with E-state index in [-0.39, 0.29) is 17.0 Å². The topological polar surface area (TPSA) is 54.7 Å². The standard InChI is InChI=1S/C12H13N3O2S2/c1-8-7-19-12-13-6-9(11(17)15(8)12)10(16)14-2-4-18-5-3-14/h6-7H,2-5H2,1H3. The summed E-state index contributed by atoms with van der Waals surface area (Å²) in [7, 11) is 0.